The first-order chi connectivity index (χ1) is 17.4. The van der Waals surface area contributed by atoms with Crippen LogP contribution in [0.25, 0.3) is 0 Å². The summed E-state index contributed by atoms with van der Waals surface area (Å²) in [6, 6.07) is 2.27. The molecule has 1 aliphatic rings. The molecule has 2 aromatic rings. The zero-order valence-electron chi connectivity index (χ0n) is 23.2. The Hall–Kier alpha value is -3.36. The predicted octanol–water partition coefficient (Wildman–Crippen LogP) is 4.29. The number of aromatic amines is 1. The number of nitrogens with one attached hydrogen (secondary N) is 3. The Morgan fingerprint density at radius 2 is 1.81 bits per heavy atom. The SMILES string of the molecule is CCN(c1cncc(C(=O)NCc2c(C)cc(C)[nH]c2=O)c1C)C1CCC(NC(=O)OC(C)(C)C)CC1. The molecule has 0 saturated heterocycles. The molecule has 0 aliphatic heterocycles. The highest BCUT2D eigenvalue weighted by Gasteiger charge is 2.29. The number of nitrogens with zero attached hydrogens (tertiary/aromatic N) is 2. The summed E-state index contributed by atoms with van der Waals surface area (Å²) < 4.78 is 5.40. The van der Waals surface area contributed by atoms with E-state index in [2.05, 4.69) is 32.4 Å². The van der Waals surface area contributed by atoms with Crippen LogP contribution in [-0.4, -0.2) is 46.2 Å². The van der Waals surface area contributed by atoms with Crippen LogP contribution in [0.15, 0.2) is 23.3 Å². The molecule has 0 unspecified atom stereocenters. The molecule has 2 heterocycles. The van der Waals surface area contributed by atoms with E-state index in [0.29, 0.717) is 11.1 Å². The quantitative estimate of drug-likeness (QED) is 0.511. The van der Waals surface area contributed by atoms with Crippen LogP contribution in [0.1, 0.15) is 86.1 Å². The Morgan fingerprint density at radius 1 is 1.14 bits per heavy atom. The minimum Gasteiger partial charge on any atom is -0.444 e. The third-order valence-electron chi connectivity index (χ3n) is 6.86. The van der Waals surface area contributed by atoms with Crippen molar-refractivity contribution in [3.8, 4) is 0 Å². The Kier molecular flexibility index (Phi) is 8.99. The van der Waals surface area contributed by atoms with Crippen LogP contribution in [0.4, 0.5) is 10.5 Å². The van der Waals surface area contributed by atoms with E-state index in [4.69, 9.17) is 4.74 Å². The van der Waals surface area contributed by atoms with Crippen molar-refractivity contribution in [3.05, 3.63) is 56.8 Å². The van der Waals surface area contributed by atoms with Gasteiger partial charge in [-0.05, 0) is 91.3 Å². The maximum atomic E-state index is 13.1. The molecular weight excluding hydrogens is 470 g/mol. The van der Waals surface area contributed by atoms with E-state index < -0.39 is 5.60 Å². The summed E-state index contributed by atoms with van der Waals surface area (Å²) in [5, 5.41) is 5.89. The standard InChI is InChI=1S/C28H41N5O4/c1-8-33(21-11-9-20(10-12-21)32-27(36)37-28(5,6)7)24-16-29-14-23(19(24)4)25(34)30-15-22-17(2)13-18(3)31-26(22)35/h13-14,16,20-21H,8-12,15H2,1-7H3,(H,30,34)(H,31,35)(H,32,36). The highest BCUT2D eigenvalue weighted by atomic mass is 16.6. The molecule has 1 saturated carbocycles. The second-order valence-electron chi connectivity index (χ2n) is 10.9. The van der Waals surface area contributed by atoms with Crippen LogP contribution in [-0.2, 0) is 11.3 Å². The van der Waals surface area contributed by atoms with Crippen molar-refractivity contribution in [1.82, 2.24) is 20.6 Å². The Balaban J connectivity index is 1.66. The largest absolute Gasteiger partial charge is 0.444 e. The number of rotatable bonds is 7. The van der Waals surface area contributed by atoms with Gasteiger partial charge in [0.25, 0.3) is 11.5 Å². The lowest BCUT2D eigenvalue weighted by molar-refractivity contribution is 0.0491. The van der Waals surface area contributed by atoms with Gasteiger partial charge in [-0.3, -0.25) is 14.6 Å². The summed E-state index contributed by atoms with van der Waals surface area (Å²) in [7, 11) is 0. The minimum atomic E-state index is -0.517. The van der Waals surface area contributed by atoms with Crippen molar-refractivity contribution in [2.45, 2.75) is 98.4 Å². The average Bonchev–Trinajstić information content (AvgIpc) is 2.79. The fraction of sp³-hybridized carbons (Fsp3) is 0.571. The van der Waals surface area contributed by atoms with Crippen molar-refractivity contribution in [3.63, 3.8) is 0 Å². The van der Waals surface area contributed by atoms with E-state index >= 15 is 0 Å². The number of anilines is 1. The van der Waals surface area contributed by atoms with Crippen LogP contribution in [0.2, 0.25) is 0 Å². The zero-order chi connectivity index (χ0) is 27.3. The Morgan fingerprint density at radius 3 is 2.41 bits per heavy atom. The van der Waals surface area contributed by atoms with Gasteiger partial charge in [-0.15, -0.1) is 0 Å². The number of H-pyrrole nitrogens is 1. The summed E-state index contributed by atoms with van der Waals surface area (Å²) >= 11 is 0. The number of aryl methyl sites for hydroxylation is 2. The molecule has 0 atom stereocenters. The second kappa shape index (κ2) is 11.8. The van der Waals surface area contributed by atoms with Gasteiger partial charge in [0.15, 0.2) is 0 Å². The van der Waals surface area contributed by atoms with E-state index in [9.17, 15) is 14.4 Å². The van der Waals surface area contributed by atoms with Gasteiger partial charge < -0.3 is 25.3 Å². The maximum absolute atomic E-state index is 13.1. The molecule has 3 N–H and O–H groups in total. The summed E-state index contributed by atoms with van der Waals surface area (Å²) in [6.45, 7) is 14.2. The molecule has 2 amide bonds. The van der Waals surface area contributed by atoms with Crippen molar-refractivity contribution in [2.75, 3.05) is 11.4 Å². The Labute approximate surface area is 219 Å². The third-order valence-corrected chi connectivity index (χ3v) is 6.86. The van der Waals surface area contributed by atoms with Gasteiger partial charge >= 0.3 is 6.09 Å². The lowest BCUT2D eigenvalue weighted by Gasteiger charge is -2.38. The predicted molar refractivity (Wildman–Crippen MR) is 145 cm³/mol. The van der Waals surface area contributed by atoms with Crippen LogP contribution >= 0.6 is 0 Å². The summed E-state index contributed by atoms with van der Waals surface area (Å²) in [4.78, 5) is 47.0. The number of alkyl carbamates (subject to hydrolysis) is 1. The van der Waals surface area contributed by atoms with Crippen molar-refractivity contribution in [1.29, 1.82) is 0 Å². The van der Waals surface area contributed by atoms with E-state index in [1.165, 1.54) is 0 Å². The van der Waals surface area contributed by atoms with Crippen LogP contribution in [0.3, 0.4) is 0 Å². The second-order valence-corrected chi connectivity index (χ2v) is 10.9. The van der Waals surface area contributed by atoms with Gasteiger partial charge in [0, 0.05) is 42.6 Å². The molecule has 0 radical (unpaired) electrons. The molecule has 2 aromatic heterocycles. The number of carbonyl (C=O) groups excluding carboxylic acids is 2. The normalized spacial score (nSPS) is 17.7. The highest BCUT2D eigenvalue weighted by Crippen LogP contribution is 2.30. The van der Waals surface area contributed by atoms with Crippen molar-refractivity contribution >= 4 is 17.7 Å². The van der Waals surface area contributed by atoms with Gasteiger partial charge in [-0.1, -0.05) is 0 Å². The molecule has 0 aromatic carbocycles. The molecule has 37 heavy (non-hydrogen) atoms. The summed E-state index contributed by atoms with van der Waals surface area (Å²) in [5.41, 5.74) is 3.77. The highest BCUT2D eigenvalue weighted by molar-refractivity contribution is 5.96. The monoisotopic (exact) mass is 511 g/mol. The van der Waals surface area contributed by atoms with Gasteiger partial charge in [-0.2, -0.15) is 0 Å². The van der Waals surface area contributed by atoms with Gasteiger partial charge in [0.1, 0.15) is 5.60 Å². The van der Waals surface area contributed by atoms with Crippen molar-refractivity contribution < 1.29 is 14.3 Å². The van der Waals surface area contributed by atoms with E-state index in [-0.39, 0.29) is 36.2 Å². The molecular formula is C28H41N5O4. The summed E-state index contributed by atoms with van der Waals surface area (Å²) in [5.74, 6) is -0.257. The molecule has 3 rings (SSSR count). The number of ether oxygens (including phenoxy) is 1. The zero-order valence-corrected chi connectivity index (χ0v) is 23.2. The fourth-order valence-electron chi connectivity index (χ4n) is 5.03. The molecule has 202 valence electrons. The van der Waals surface area contributed by atoms with E-state index in [1.54, 1.807) is 6.20 Å². The number of hydrogen-bond acceptors (Lipinski definition) is 6. The van der Waals surface area contributed by atoms with Crippen LogP contribution < -0.4 is 21.1 Å². The van der Waals surface area contributed by atoms with Crippen LogP contribution in [0, 0.1) is 20.8 Å². The topological polar surface area (TPSA) is 116 Å². The van der Waals surface area contributed by atoms with Crippen LogP contribution in [0.5, 0.6) is 0 Å². The molecule has 0 bridgehead atoms. The third kappa shape index (κ3) is 7.33. The van der Waals surface area contributed by atoms with Gasteiger partial charge in [0.2, 0.25) is 0 Å². The van der Waals surface area contributed by atoms with Gasteiger partial charge in [-0.25, -0.2) is 4.79 Å². The summed E-state index contributed by atoms with van der Waals surface area (Å²) in [6.07, 6.45) is 6.57. The number of carbonyl (C=O) groups is 2. The lowest BCUT2D eigenvalue weighted by Crippen LogP contribution is -2.45. The van der Waals surface area contributed by atoms with Crippen molar-refractivity contribution in [2.24, 2.45) is 0 Å². The van der Waals surface area contributed by atoms with E-state index in [0.717, 1.165) is 54.7 Å². The molecule has 9 heteroatoms. The lowest BCUT2D eigenvalue weighted by atomic mass is 9.89. The number of aromatic nitrogens is 2. The Bertz CT molecular complexity index is 1180. The fourth-order valence-corrected chi connectivity index (χ4v) is 5.03. The molecule has 9 nitrogen and oxygen atoms in total. The number of pyridine rings is 2. The first-order valence-corrected chi connectivity index (χ1v) is 13.1. The average molecular weight is 512 g/mol. The smallest absolute Gasteiger partial charge is 0.407 e. The first-order valence-electron chi connectivity index (χ1n) is 13.1. The molecule has 1 aliphatic carbocycles. The molecule has 1 fully saturated rings. The van der Waals surface area contributed by atoms with E-state index in [1.807, 2.05) is 53.8 Å². The molecule has 0 spiro atoms. The first kappa shape index (κ1) is 28.2. The number of hydrogen-bond donors (Lipinski definition) is 3. The maximum Gasteiger partial charge on any atom is 0.407 e. The van der Waals surface area contributed by atoms with Gasteiger partial charge in [0.05, 0.1) is 17.4 Å². The minimum absolute atomic E-state index is 0.0921. The number of amides is 2.